The van der Waals surface area contributed by atoms with Crippen molar-refractivity contribution in [2.75, 3.05) is 12.4 Å². The van der Waals surface area contributed by atoms with Crippen molar-refractivity contribution in [3.05, 3.63) is 36.0 Å². The Balaban J connectivity index is 2.33. The minimum absolute atomic E-state index is 0.405. The molecule has 0 saturated carbocycles. The molecule has 0 aliphatic carbocycles. The average molecular weight is 198 g/mol. The van der Waals surface area contributed by atoms with E-state index in [4.69, 9.17) is 5.26 Å². The molecule has 0 aliphatic heterocycles. The summed E-state index contributed by atoms with van der Waals surface area (Å²) >= 11 is 0. The van der Waals surface area contributed by atoms with Gasteiger partial charge in [-0.15, -0.1) is 0 Å². The van der Waals surface area contributed by atoms with Gasteiger partial charge in [0.1, 0.15) is 6.07 Å². The number of benzene rings is 1. The molecule has 0 atom stereocenters. The van der Waals surface area contributed by atoms with Gasteiger partial charge in [0.25, 0.3) is 0 Å². The maximum atomic E-state index is 8.64. The minimum Gasteiger partial charge on any atom is -0.388 e. The first-order chi connectivity index (χ1) is 7.33. The van der Waals surface area contributed by atoms with Crippen LogP contribution in [-0.2, 0) is 0 Å². The first-order valence-corrected chi connectivity index (χ1v) is 4.57. The molecule has 1 aromatic heterocycles. The van der Waals surface area contributed by atoms with Crippen molar-refractivity contribution < 1.29 is 0 Å². The highest BCUT2D eigenvalue weighted by atomic mass is 15.1. The zero-order valence-corrected chi connectivity index (χ0v) is 8.28. The second kappa shape index (κ2) is 3.84. The molecular formula is C11H10N4. The highest BCUT2D eigenvalue weighted by Crippen LogP contribution is 2.19. The summed E-state index contributed by atoms with van der Waals surface area (Å²) < 4.78 is 0. The second-order valence-corrected chi connectivity index (χ2v) is 3.11. The van der Waals surface area contributed by atoms with Gasteiger partial charge in [-0.2, -0.15) is 10.4 Å². The van der Waals surface area contributed by atoms with Crippen molar-refractivity contribution in [1.82, 2.24) is 10.2 Å². The third-order valence-electron chi connectivity index (χ3n) is 2.18. The summed E-state index contributed by atoms with van der Waals surface area (Å²) in [6, 6.07) is 11.6. The van der Waals surface area contributed by atoms with Gasteiger partial charge in [-0.25, -0.2) is 0 Å². The maximum Gasteiger partial charge on any atom is 0.162 e. The minimum atomic E-state index is 0.405. The summed E-state index contributed by atoms with van der Waals surface area (Å²) in [5, 5.41) is 18.4. The molecule has 0 amide bonds. The van der Waals surface area contributed by atoms with Crippen molar-refractivity contribution in [2.24, 2.45) is 0 Å². The van der Waals surface area contributed by atoms with E-state index in [0.29, 0.717) is 5.69 Å². The molecular weight excluding hydrogens is 188 g/mol. The smallest absolute Gasteiger partial charge is 0.162 e. The Morgan fingerprint density at radius 2 is 2.07 bits per heavy atom. The molecule has 0 unspecified atom stereocenters. The zero-order chi connectivity index (χ0) is 10.7. The van der Waals surface area contributed by atoms with Gasteiger partial charge in [-0.05, 0) is 17.7 Å². The highest BCUT2D eigenvalue weighted by Gasteiger charge is 2.02. The summed E-state index contributed by atoms with van der Waals surface area (Å²) in [4.78, 5) is 0. The Hall–Kier alpha value is -2.28. The maximum absolute atomic E-state index is 8.64. The highest BCUT2D eigenvalue weighted by molar-refractivity contribution is 5.63. The molecule has 0 saturated heterocycles. The normalized spacial score (nSPS) is 9.60. The molecule has 2 N–H and O–H groups in total. The molecule has 4 nitrogen and oxygen atoms in total. The summed E-state index contributed by atoms with van der Waals surface area (Å²) in [6.07, 6.45) is 0. The van der Waals surface area contributed by atoms with E-state index >= 15 is 0 Å². The largest absolute Gasteiger partial charge is 0.388 e. The first kappa shape index (κ1) is 9.28. The fourth-order valence-corrected chi connectivity index (χ4v) is 1.34. The van der Waals surface area contributed by atoms with Crippen LogP contribution < -0.4 is 5.32 Å². The lowest BCUT2D eigenvalue weighted by Gasteiger charge is -2.00. The predicted molar refractivity (Wildman–Crippen MR) is 58.3 cm³/mol. The van der Waals surface area contributed by atoms with E-state index < -0.39 is 0 Å². The van der Waals surface area contributed by atoms with Gasteiger partial charge in [-0.1, -0.05) is 12.1 Å². The summed E-state index contributed by atoms with van der Waals surface area (Å²) in [6.45, 7) is 0. The van der Waals surface area contributed by atoms with Crippen molar-refractivity contribution in [1.29, 1.82) is 5.26 Å². The van der Waals surface area contributed by atoms with Crippen LogP contribution in [0.1, 0.15) is 5.69 Å². The van der Waals surface area contributed by atoms with Gasteiger partial charge >= 0.3 is 0 Å². The number of rotatable bonds is 2. The van der Waals surface area contributed by atoms with Gasteiger partial charge in [0.2, 0.25) is 0 Å². The Bertz CT molecular complexity index is 490. The Labute approximate surface area is 87.6 Å². The molecule has 0 aliphatic rings. The fourth-order valence-electron chi connectivity index (χ4n) is 1.34. The van der Waals surface area contributed by atoms with Crippen molar-refractivity contribution >= 4 is 5.69 Å². The third kappa shape index (κ3) is 1.81. The molecule has 0 radical (unpaired) electrons. The zero-order valence-electron chi connectivity index (χ0n) is 8.28. The Kier molecular flexibility index (Phi) is 2.38. The molecule has 0 bridgehead atoms. The second-order valence-electron chi connectivity index (χ2n) is 3.11. The van der Waals surface area contributed by atoms with Crippen molar-refractivity contribution in [3.63, 3.8) is 0 Å². The van der Waals surface area contributed by atoms with Gasteiger partial charge in [0.05, 0.1) is 5.69 Å². The summed E-state index contributed by atoms with van der Waals surface area (Å²) in [7, 11) is 1.87. The number of anilines is 1. The lowest BCUT2D eigenvalue weighted by atomic mass is 10.1. The molecule has 2 aromatic rings. The van der Waals surface area contributed by atoms with E-state index in [1.165, 1.54) is 0 Å². The summed E-state index contributed by atoms with van der Waals surface area (Å²) in [5.74, 6) is 0. The number of nitrogens with zero attached hydrogens (tertiary/aromatic N) is 2. The number of H-pyrrole nitrogens is 1. The number of nitriles is 1. The Morgan fingerprint density at radius 3 is 2.60 bits per heavy atom. The topological polar surface area (TPSA) is 64.5 Å². The lowest BCUT2D eigenvalue weighted by molar-refractivity contribution is 1.08. The molecule has 15 heavy (non-hydrogen) atoms. The molecule has 0 spiro atoms. The number of nitrogens with one attached hydrogen (secondary N) is 2. The van der Waals surface area contributed by atoms with Crippen LogP contribution in [0.3, 0.4) is 0 Å². The van der Waals surface area contributed by atoms with E-state index in [2.05, 4.69) is 15.5 Å². The quantitative estimate of drug-likeness (QED) is 0.775. The van der Waals surface area contributed by atoms with Crippen LogP contribution in [0.2, 0.25) is 0 Å². The van der Waals surface area contributed by atoms with Gasteiger partial charge in [-0.3, -0.25) is 5.10 Å². The van der Waals surface area contributed by atoms with Crippen LogP contribution in [0.15, 0.2) is 30.3 Å². The number of hydrogen-bond acceptors (Lipinski definition) is 3. The average Bonchev–Trinajstić information content (AvgIpc) is 2.78. The van der Waals surface area contributed by atoms with E-state index in [1.807, 2.05) is 37.4 Å². The van der Waals surface area contributed by atoms with Crippen LogP contribution in [0.4, 0.5) is 5.69 Å². The fraction of sp³-hybridized carbons (Fsp3) is 0.0909. The monoisotopic (exact) mass is 198 g/mol. The van der Waals surface area contributed by atoms with Crippen LogP contribution in [-0.4, -0.2) is 17.2 Å². The molecule has 4 heteroatoms. The SMILES string of the molecule is CNc1ccc(-c2cc(C#N)n[nH]2)cc1. The lowest BCUT2D eigenvalue weighted by Crippen LogP contribution is -1.86. The van der Waals surface area contributed by atoms with E-state index in [1.54, 1.807) is 6.07 Å². The Morgan fingerprint density at radius 1 is 1.33 bits per heavy atom. The van der Waals surface area contributed by atoms with Crippen molar-refractivity contribution in [3.8, 4) is 17.3 Å². The molecule has 74 valence electrons. The number of aromatic nitrogens is 2. The van der Waals surface area contributed by atoms with Crippen LogP contribution in [0.25, 0.3) is 11.3 Å². The number of aromatic amines is 1. The van der Waals surface area contributed by atoms with Crippen LogP contribution in [0.5, 0.6) is 0 Å². The van der Waals surface area contributed by atoms with E-state index in [0.717, 1.165) is 16.9 Å². The molecule has 1 heterocycles. The van der Waals surface area contributed by atoms with E-state index in [-0.39, 0.29) is 0 Å². The van der Waals surface area contributed by atoms with Gasteiger partial charge in [0.15, 0.2) is 5.69 Å². The summed E-state index contributed by atoms with van der Waals surface area (Å²) in [5.41, 5.74) is 3.33. The van der Waals surface area contributed by atoms with Gasteiger partial charge in [0, 0.05) is 18.8 Å². The van der Waals surface area contributed by atoms with Crippen LogP contribution >= 0.6 is 0 Å². The van der Waals surface area contributed by atoms with Gasteiger partial charge < -0.3 is 5.32 Å². The molecule has 2 rings (SSSR count). The molecule has 0 fully saturated rings. The standard InChI is InChI=1S/C11H10N4/c1-13-9-4-2-8(3-5-9)11-6-10(7-12)14-15-11/h2-6,13H,1H3,(H,14,15). The third-order valence-corrected chi connectivity index (χ3v) is 2.18. The first-order valence-electron chi connectivity index (χ1n) is 4.57. The molecule has 1 aromatic carbocycles. The van der Waals surface area contributed by atoms with E-state index in [9.17, 15) is 0 Å². The number of hydrogen-bond donors (Lipinski definition) is 2. The van der Waals surface area contributed by atoms with Crippen LogP contribution in [0, 0.1) is 11.3 Å². The predicted octanol–water partition coefficient (Wildman–Crippen LogP) is 1.99. The van der Waals surface area contributed by atoms with Crippen molar-refractivity contribution in [2.45, 2.75) is 0 Å².